The van der Waals surface area contributed by atoms with Crippen LogP contribution in [-0.2, 0) is 17.6 Å². The Balaban J connectivity index is 1.76. The Morgan fingerprint density at radius 1 is 1.10 bits per heavy atom. The molecule has 2 heterocycles. The van der Waals surface area contributed by atoms with E-state index in [0.717, 1.165) is 16.9 Å². The second kappa shape index (κ2) is 5.47. The first-order chi connectivity index (χ1) is 9.72. The van der Waals surface area contributed by atoms with Gasteiger partial charge in [-0.15, -0.1) is 0 Å². The molecule has 0 aliphatic rings. The molecule has 0 saturated heterocycles. The van der Waals surface area contributed by atoms with Crippen molar-refractivity contribution in [3.63, 3.8) is 0 Å². The highest BCUT2D eigenvalue weighted by molar-refractivity contribution is 6.30. The molecule has 3 nitrogen and oxygen atoms in total. The highest BCUT2D eigenvalue weighted by Gasteiger charge is 2.08. The number of Topliss-reactive ketones (excluding diaryl/α,β-unsaturated/α-hetero) is 1. The lowest BCUT2D eigenvalue weighted by atomic mass is 10.1. The van der Waals surface area contributed by atoms with E-state index in [-0.39, 0.29) is 5.78 Å². The van der Waals surface area contributed by atoms with Gasteiger partial charge in [0, 0.05) is 36.0 Å². The first-order valence-electron chi connectivity index (χ1n) is 6.39. The van der Waals surface area contributed by atoms with E-state index < -0.39 is 0 Å². The second-order valence-corrected chi connectivity index (χ2v) is 5.13. The molecule has 0 aliphatic heterocycles. The van der Waals surface area contributed by atoms with E-state index in [1.807, 2.05) is 40.9 Å². The van der Waals surface area contributed by atoms with Crippen molar-refractivity contribution in [2.24, 2.45) is 0 Å². The Bertz CT molecular complexity index is 747. The summed E-state index contributed by atoms with van der Waals surface area (Å²) in [6, 6.07) is 13.2. The summed E-state index contributed by atoms with van der Waals surface area (Å²) in [6.07, 6.45) is 4.43. The van der Waals surface area contributed by atoms with Gasteiger partial charge >= 0.3 is 0 Å². The molecule has 0 aliphatic carbocycles. The van der Waals surface area contributed by atoms with Gasteiger partial charge in [0.25, 0.3) is 0 Å². The van der Waals surface area contributed by atoms with Crippen LogP contribution in [0, 0.1) is 0 Å². The molecule has 0 amide bonds. The van der Waals surface area contributed by atoms with Gasteiger partial charge in [0.2, 0.25) is 0 Å². The Kier molecular flexibility index (Phi) is 3.52. The monoisotopic (exact) mass is 284 g/mol. The number of hydrogen-bond acceptors (Lipinski definition) is 2. The summed E-state index contributed by atoms with van der Waals surface area (Å²) in [5, 5.41) is 0.685. The van der Waals surface area contributed by atoms with E-state index in [1.54, 1.807) is 18.3 Å². The molecule has 0 atom stereocenters. The number of fused-ring (bicyclic) bond motifs is 1. The first-order valence-corrected chi connectivity index (χ1v) is 6.77. The fourth-order valence-corrected chi connectivity index (χ4v) is 2.37. The number of pyridine rings is 1. The van der Waals surface area contributed by atoms with E-state index >= 15 is 0 Å². The zero-order chi connectivity index (χ0) is 13.9. The first kappa shape index (κ1) is 12.9. The normalized spacial score (nSPS) is 10.8. The van der Waals surface area contributed by atoms with E-state index in [0.29, 0.717) is 17.9 Å². The van der Waals surface area contributed by atoms with Gasteiger partial charge in [-0.3, -0.25) is 4.79 Å². The zero-order valence-corrected chi connectivity index (χ0v) is 11.5. The summed E-state index contributed by atoms with van der Waals surface area (Å²) in [5.41, 5.74) is 2.80. The number of carbonyl (C=O) groups excluding carboxylic acids is 1. The van der Waals surface area contributed by atoms with Gasteiger partial charge in [-0.25, -0.2) is 4.98 Å². The molecule has 3 rings (SSSR count). The molecule has 0 radical (unpaired) electrons. The zero-order valence-electron chi connectivity index (χ0n) is 10.8. The maximum Gasteiger partial charge on any atom is 0.143 e. The maximum atomic E-state index is 12.2. The minimum Gasteiger partial charge on any atom is -0.304 e. The number of aromatic nitrogens is 2. The summed E-state index contributed by atoms with van der Waals surface area (Å²) in [4.78, 5) is 16.4. The molecule has 0 spiro atoms. The third kappa shape index (κ3) is 2.73. The number of ketones is 1. The lowest BCUT2D eigenvalue weighted by Gasteiger charge is -2.05. The highest BCUT2D eigenvalue weighted by atomic mass is 35.5. The average molecular weight is 285 g/mol. The molecular weight excluding hydrogens is 272 g/mol. The number of hydrogen-bond donors (Lipinski definition) is 0. The summed E-state index contributed by atoms with van der Waals surface area (Å²) < 4.78 is 1.94. The van der Waals surface area contributed by atoms with Gasteiger partial charge in [-0.1, -0.05) is 29.8 Å². The molecule has 4 heteroatoms. The predicted molar refractivity (Wildman–Crippen MR) is 79.1 cm³/mol. The van der Waals surface area contributed by atoms with Gasteiger partial charge in [-0.2, -0.15) is 0 Å². The Morgan fingerprint density at radius 2 is 1.90 bits per heavy atom. The van der Waals surface area contributed by atoms with Crippen LogP contribution >= 0.6 is 11.6 Å². The van der Waals surface area contributed by atoms with Crippen LogP contribution < -0.4 is 0 Å². The van der Waals surface area contributed by atoms with Gasteiger partial charge < -0.3 is 4.40 Å². The van der Waals surface area contributed by atoms with Crippen LogP contribution in [0.1, 0.15) is 11.3 Å². The van der Waals surface area contributed by atoms with Crippen molar-refractivity contribution in [3.8, 4) is 0 Å². The third-order valence-electron chi connectivity index (χ3n) is 3.21. The van der Waals surface area contributed by atoms with Crippen LogP contribution in [-0.4, -0.2) is 15.2 Å². The van der Waals surface area contributed by atoms with Crippen molar-refractivity contribution >= 4 is 23.0 Å². The van der Waals surface area contributed by atoms with Gasteiger partial charge in [0.1, 0.15) is 11.4 Å². The fraction of sp³-hybridized carbons (Fsp3) is 0.125. The van der Waals surface area contributed by atoms with Crippen LogP contribution in [0.15, 0.2) is 54.9 Å². The smallest absolute Gasteiger partial charge is 0.143 e. The SMILES string of the molecule is O=C(Cc1ccc(Cl)cc1)Cc1cccc2nccn12. The molecule has 2 aromatic heterocycles. The summed E-state index contributed by atoms with van der Waals surface area (Å²) >= 11 is 5.84. The minimum absolute atomic E-state index is 0.175. The molecule has 0 bridgehead atoms. The molecule has 0 fully saturated rings. The lowest BCUT2D eigenvalue weighted by molar-refractivity contribution is -0.117. The number of carbonyl (C=O) groups is 1. The number of nitrogens with zero attached hydrogens (tertiary/aromatic N) is 2. The van der Waals surface area contributed by atoms with E-state index in [1.165, 1.54) is 0 Å². The number of halogens is 1. The number of benzene rings is 1. The van der Waals surface area contributed by atoms with Crippen molar-refractivity contribution in [2.45, 2.75) is 12.8 Å². The third-order valence-corrected chi connectivity index (χ3v) is 3.46. The summed E-state index contributed by atoms with van der Waals surface area (Å²) in [5.74, 6) is 0.175. The lowest BCUT2D eigenvalue weighted by Crippen LogP contribution is -2.09. The molecule has 1 aromatic carbocycles. The number of rotatable bonds is 4. The Hall–Kier alpha value is -2.13. The van der Waals surface area contributed by atoms with Crippen LogP contribution in [0.3, 0.4) is 0 Å². The van der Waals surface area contributed by atoms with Crippen molar-refractivity contribution in [1.82, 2.24) is 9.38 Å². The van der Waals surface area contributed by atoms with E-state index in [2.05, 4.69) is 4.98 Å². The topological polar surface area (TPSA) is 34.4 Å². The van der Waals surface area contributed by atoms with Crippen molar-refractivity contribution < 1.29 is 4.79 Å². The fourth-order valence-electron chi connectivity index (χ4n) is 2.25. The van der Waals surface area contributed by atoms with Crippen LogP contribution in [0.4, 0.5) is 0 Å². The molecule has 20 heavy (non-hydrogen) atoms. The highest BCUT2D eigenvalue weighted by Crippen LogP contribution is 2.12. The molecule has 3 aromatic rings. The molecule has 0 N–H and O–H groups in total. The van der Waals surface area contributed by atoms with Crippen molar-refractivity contribution in [1.29, 1.82) is 0 Å². The number of imidazole rings is 1. The van der Waals surface area contributed by atoms with Crippen LogP contribution in [0.2, 0.25) is 5.02 Å². The second-order valence-electron chi connectivity index (χ2n) is 4.69. The van der Waals surface area contributed by atoms with E-state index in [4.69, 9.17) is 11.6 Å². The molecule has 0 saturated carbocycles. The van der Waals surface area contributed by atoms with Crippen LogP contribution in [0.5, 0.6) is 0 Å². The molecule has 100 valence electrons. The minimum atomic E-state index is 0.175. The molecule has 0 unspecified atom stereocenters. The average Bonchev–Trinajstić information content (AvgIpc) is 2.91. The van der Waals surface area contributed by atoms with Gasteiger partial charge in [0.05, 0.1) is 0 Å². The predicted octanol–water partition coefficient (Wildman–Crippen LogP) is 3.34. The van der Waals surface area contributed by atoms with E-state index in [9.17, 15) is 4.79 Å². The maximum absolute atomic E-state index is 12.2. The van der Waals surface area contributed by atoms with Crippen molar-refractivity contribution in [3.05, 3.63) is 71.1 Å². The van der Waals surface area contributed by atoms with Gasteiger partial charge in [-0.05, 0) is 29.8 Å². The molecular formula is C16H13ClN2O. The Labute approximate surface area is 121 Å². The van der Waals surface area contributed by atoms with Gasteiger partial charge in [0.15, 0.2) is 0 Å². The van der Waals surface area contributed by atoms with Crippen LogP contribution in [0.25, 0.3) is 5.65 Å². The summed E-state index contributed by atoms with van der Waals surface area (Å²) in [6.45, 7) is 0. The summed E-state index contributed by atoms with van der Waals surface area (Å²) in [7, 11) is 0. The quantitative estimate of drug-likeness (QED) is 0.736. The Morgan fingerprint density at radius 3 is 2.70 bits per heavy atom. The standard InChI is InChI=1S/C16H13ClN2O/c17-13-6-4-12(5-7-13)10-15(20)11-14-2-1-3-16-18-8-9-19(14)16/h1-9H,10-11H2. The van der Waals surface area contributed by atoms with Crippen molar-refractivity contribution in [2.75, 3.05) is 0 Å². The largest absolute Gasteiger partial charge is 0.304 e.